The van der Waals surface area contributed by atoms with Gasteiger partial charge in [0.05, 0.1) is 16.2 Å². The lowest BCUT2D eigenvalue weighted by atomic mass is 10.2. The average Bonchev–Trinajstić information content (AvgIpc) is 3.04. The molecule has 0 aliphatic carbocycles. The van der Waals surface area contributed by atoms with E-state index in [2.05, 4.69) is 10.4 Å². The van der Waals surface area contributed by atoms with Crippen molar-refractivity contribution in [3.8, 4) is 0 Å². The van der Waals surface area contributed by atoms with E-state index in [9.17, 15) is 9.59 Å². The minimum atomic E-state index is -0.962. The van der Waals surface area contributed by atoms with E-state index in [0.29, 0.717) is 21.4 Å². The molecule has 1 aromatic carbocycles. The molecule has 0 bridgehead atoms. The van der Waals surface area contributed by atoms with E-state index in [4.69, 9.17) is 27.9 Å². The highest BCUT2D eigenvalue weighted by Gasteiger charge is 2.18. The van der Waals surface area contributed by atoms with Gasteiger partial charge in [0.1, 0.15) is 5.82 Å². The van der Waals surface area contributed by atoms with Gasteiger partial charge < -0.3 is 10.1 Å². The molecular weight excluding hydrogens is 377 g/mol. The van der Waals surface area contributed by atoms with Gasteiger partial charge in [0.15, 0.2) is 6.10 Å². The molecule has 6 nitrogen and oxygen atoms in total. The van der Waals surface area contributed by atoms with Crippen LogP contribution < -0.4 is 5.32 Å². The monoisotopic (exact) mass is 395 g/mol. The zero-order valence-electron chi connectivity index (χ0n) is 14.6. The number of amides is 1. The first-order chi connectivity index (χ1) is 12.3. The molecule has 0 aliphatic rings. The smallest absolute Gasteiger partial charge is 0.331 e. The van der Waals surface area contributed by atoms with Gasteiger partial charge >= 0.3 is 5.97 Å². The van der Waals surface area contributed by atoms with E-state index in [1.807, 2.05) is 13.8 Å². The Kier molecular flexibility index (Phi) is 6.83. The van der Waals surface area contributed by atoms with Gasteiger partial charge in [-0.25, -0.2) is 9.48 Å². The van der Waals surface area contributed by atoms with Crippen molar-refractivity contribution in [3.05, 3.63) is 52.1 Å². The molecule has 0 spiro atoms. The van der Waals surface area contributed by atoms with Gasteiger partial charge in [-0.1, -0.05) is 29.3 Å². The topological polar surface area (TPSA) is 73.2 Å². The zero-order chi connectivity index (χ0) is 19.3. The van der Waals surface area contributed by atoms with Crippen molar-refractivity contribution in [2.24, 2.45) is 0 Å². The molecule has 0 saturated heterocycles. The van der Waals surface area contributed by atoms with Crippen molar-refractivity contribution in [1.29, 1.82) is 0 Å². The number of anilines is 1. The maximum Gasteiger partial charge on any atom is 0.331 e. The van der Waals surface area contributed by atoms with Crippen LogP contribution in [0.1, 0.15) is 32.4 Å². The number of carbonyl (C=O) groups excluding carboxylic acids is 2. The summed E-state index contributed by atoms with van der Waals surface area (Å²) < 4.78 is 6.77. The standard InChI is InChI=1S/C18H19Cl2N3O3/c1-11(2)23-16(8-9-21-23)22-18(25)12(3)26-17(24)7-5-13-4-6-14(19)15(20)10-13/h4-12H,1-3H3,(H,22,25)/b7-5+. The molecule has 1 atom stereocenters. The third kappa shape index (κ3) is 5.34. The molecule has 1 N–H and O–H groups in total. The Balaban J connectivity index is 1.93. The fourth-order valence-electron chi connectivity index (χ4n) is 2.10. The lowest BCUT2D eigenvalue weighted by Crippen LogP contribution is -2.30. The van der Waals surface area contributed by atoms with Crippen LogP contribution in [-0.2, 0) is 14.3 Å². The third-order valence-electron chi connectivity index (χ3n) is 3.43. The van der Waals surface area contributed by atoms with Crippen molar-refractivity contribution in [2.75, 3.05) is 5.32 Å². The number of ether oxygens (including phenoxy) is 1. The lowest BCUT2D eigenvalue weighted by Gasteiger charge is -2.15. The van der Waals surface area contributed by atoms with Gasteiger partial charge in [-0.3, -0.25) is 4.79 Å². The van der Waals surface area contributed by atoms with E-state index in [1.54, 1.807) is 35.1 Å². The van der Waals surface area contributed by atoms with E-state index in [0.717, 1.165) is 0 Å². The molecule has 138 valence electrons. The first-order valence-corrected chi connectivity index (χ1v) is 8.71. The fraction of sp³-hybridized carbons (Fsp3) is 0.278. The average molecular weight is 396 g/mol. The normalized spacial score (nSPS) is 12.4. The molecule has 0 aliphatic heterocycles. The molecule has 1 aromatic heterocycles. The largest absolute Gasteiger partial charge is 0.449 e. The second kappa shape index (κ2) is 8.87. The molecule has 26 heavy (non-hydrogen) atoms. The number of carbonyl (C=O) groups is 2. The fourth-order valence-corrected chi connectivity index (χ4v) is 2.41. The first kappa shape index (κ1) is 20.0. The highest BCUT2D eigenvalue weighted by Crippen LogP contribution is 2.23. The molecule has 0 fully saturated rings. The Morgan fingerprint density at radius 1 is 1.19 bits per heavy atom. The highest BCUT2D eigenvalue weighted by atomic mass is 35.5. The van der Waals surface area contributed by atoms with Gasteiger partial charge in [-0.15, -0.1) is 0 Å². The summed E-state index contributed by atoms with van der Waals surface area (Å²) in [6.07, 6.45) is 3.38. The molecule has 0 radical (unpaired) electrons. The second-order valence-electron chi connectivity index (χ2n) is 5.83. The van der Waals surface area contributed by atoms with Gasteiger partial charge in [0, 0.05) is 18.2 Å². The summed E-state index contributed by atoms with van der Waals surface area (Å²) >= 11 is 11.8. The number of rotatable bonds is 6. The van der Waals surface area contributed by atoms with E-state index < -0.39 is 18.0 Å². The van der Waals surface area contributed by atoms with Crippen LogP contribution in [0.3, 0.4) is 0 Å². The maximum absolute atomic E-state index is 12.2. The summed E-state index contributed by atoms with van der Waals surface area (Å²) in [6.45, 7) is 5.39. The van der Waals surface area contributed by atoms with Crippen LogP contribution in [0.5, 0.6) is 0 Å². The van der Waals surface area contributed by atoms with E-state index in [1.165, 1.54) is 19.1 Å². The molecule has 1 heterocycles. The number of nitrogens with zero attached hydrogens (tertiary/aromatic N) is 2. The SMILES string of the molecule is CC(OC(=O)/C=C/c1ccc(Cl)c(Cl)c1)C(=O)Nc1ccnn1C(C)C. The number of aromatic nitrogens is 2. The number of benzene rings is 1. The van der Waals surface area contributed by atoms with Crippen LogP contribution in [0.4, 0.5) is 5.82 Å². The Hall–Kier alpha value is -2.31. The van der Waals surface area contributed by atoms with Crippen LogP contribution in [-0.4, -0.2) is 27.8 Å². The first-order valence-electron chi connectivity index (χ1n) is 7.96. The van der Waals surface area contributed by atoms with Crippen molar-refractivity contribution >= 4 is 47.0 Å². The Labute approximate surface area is 161 Å². The van der Waals surface area contributed by atoms with Crippen molar-refractivity contribution in [2.45, 2.75) is 32.9 Å². The summed E-state index contributed by atoms with van der Waals surface area (Å²) in [7, 11) is 0. The number of hydrogen-bond acceptors (Lipinski definition) is 4. The molecule has 1 amide bonds. The number of hydrogen-bond donors (Lipinski definition) is 1. The van der Waals surface area contributed by atoms with Gasteiger partial charge in [-0.2, -0.15) is 5.10 Å². The van der Waals surface area contributed by atoms with Crippen LogP contribution in [0, 0.1) is 0 Å². The Morgan fingerprint density at radius 2 is 1.92 bits per heavy atom. The minimum absolute atomic E-state index is 0.0901. The molecule has 2 aromatic rings. The summed E-state index contributed by atoms with van der Waals surface area (Å²) in [4.78, 5) is 24.1. The predicted octanol–water partition coefficient (Wildman–Crippen LogP) is 4.35. The van der Waals surface area contributed by atoms with Crippen LogP contribution in [0.2, 0.25) is 10.0 Å². The van der Waals surface area contributed by atoms with Gasteiger partial charge in [0.25, 0.3) is 5.91 Å². The molecule has 8 heteroatoms. The lowest BCUT2D eigenvalue weighted by molar-refractivity contribution is -0.148. The third-order valence-corrected chi connectivity index (χ3v) is 4.17. The Morgan fingerprint density at radius 3 is 2.58 bits per heavy atom. The van der Waals surface area contributed by atoms with Crippen LogP contribution in [0.15, 0.2) is 36.5 Å². The number of esters is 1. The summed E-state index contributed by atoms with van der Waals surface area (Å²) in [5, 5.41) is 7.63. The maximum atomic E-state index is 12.2. The molecular formula is C18H19Cl2N3O3. The molecule has 0 saturated carbocycles. The second-order valence-corrected chi connectivity index (χ2v) is 6.64. The van der Waals surface area contributed by atoms with Crippen molar-refractivity contribution < 1.29 is 14.3 Å². The summed E-state index contributed by atoms with van der Waals surface area (Å²) in [5.74, 6) is -0.543. The van der Waals surface area contributed by atoms with Crippen molar-refractivity contribution in [1.82, 2.24) is 9.78 Å². The summed E-state index contributed by atoms with van der Waals surface area (Å²) in [6, 6.07) is 6.73. The predicted molar refractivity (Wildman–Crippen MR) is 102 cm³/mol. The quantitative estimate of drug-likeness (QED) is 0.582. The zero-order valence-corrected chi connectivity index (χ0v) is 16.1. The van der Waals surface area contributed by atoms with Crippen LogP contribution in [0.25, 0.3) is 6.08 Å². The molecule has 1 unspecified atom stereocenters. The van der Waals surface area contributed by atoms with E-state index >= 15 is 0 Å². The highest BCUT2D eigenvalue weighted by molar-refractivity contribution is 6.42. The summed E-state index contributed by atoms with van der Waals surface area (Å²) in [5.41, 5.74) is 0.689. The number of nitrogens with one attached hydrogen (secondary N) is 1. The molecule has 2 rings (SSSR count). The van der Waals surface area contributed by atoms with Crippen LogP contribution >= 0.6 is 23.2 Å². The van der Waals surface area contributed by atoms with Gasteiger partial charge in [0.2, 0.25) is 0 Å². The Bertz CT molecular complexity index is 831. The van der Waals surface area contributed by atoms with Gasteiger partial charge in [-0.05, 0) is 44.5 Å². The van der Waals surface area contributed by atoms with E-state index in [-0.39, 0.29) is 6.04 Å². The van der Waals surface area contributed by atoms with Crippen molar-refractivity contribution in [3.63, 3.8) is 0 Å². The minimum Gasteiger partial charge on any atom is -0.449 e. The number of halogens is 2.